The molecule has 2 N–H and O–H groups in total. The molecule has 0 saturated carbocycles. The van der Waals surface area contributed by atoms with Gasteiger partial charge in [0.05, 0.1) is 22.7 Å². The molecule has 110 valence electrons. The molecule has 0 aliphatic carbocycles. The van der Waals surface area contributed by atoms with Gasteiger partial charge in [-0.15, -0.1) is 0 Å². The summed E-state index contributed by atoms with van der Waals surface area (Å²) >= 11 is 0. The second kappa shape index (κ2) is 5.21. The zero-order valence-electron chi connectivity index (χ0n) is 11.7. The molecule has 2 aromatic carbocycles. The molecule has 0 fully saturated rings. The SMILES string of the molecule is N#Cc1ccc2c(c1)c(C#N)cn2-c1ccc(C(=O)O)c(O)c1. The summed E-state index contributed by atoms with van der Waals surface area (Å²) in [4.78, 5) is 11.0. The first-order valence-electron chi connectivity index (χ1n) is 6.57. The highest BCUT2D eigenvalue weighted by Crippen LogP contribution is 2.28. The van der Waals surface area contributed by atoms with Gasteiger partial charge in [0.25, 0.3) is 0 Å². The second-order valence-corrected chi connectivity index (χ2v) is 4.87. The van der Waals surface area contributed by atoms with Crippen molar-refractivity contribution in [3.05, 3.63) is 59.3 Å². The quantitative estimate of drug-likeness (QED) is 0.756. The minimum Gasteiger partial charge on any atom is -0.507 e. The summed E-state index contributed by atoms with van der Waals surface area (Å²) in [6.07, 6.45) is 1.58. The van der Waals surface area contributed by atoms with E-state index < -0.39 is 5.97 Å². The van der Waals surface area contributed by atoms with Crippen LogP contribution in [0.3, 0.4) is 0 Å². The van der Waals surface area contributed by atoms with E-state index in [1.165, 1.54) is 12.1 Å². The van der Waals surface area contributed by atoms with E-state index in [2.05, 4.69) is 6.07 Å². The van der Waals surface area contributed by atoms with Gasteiger partial charge in [-0.25, -0.2) is 4.79 Å². The minimum absolute atomic E-state index is 0.197. The van der Waals surface area contributed by atoms with Crippen LogP contribution in [0.15, 0.2) is 42.6 Å². The van der Waals surface area contributed by atoms with E-state index in [0.717, 1.165) is 0 Å². The Bertz CT molecular complexity index is 1040. The van der Waals surface area contributed by atoms with Crippen LogP contribution in [0.1, 0.15) is 21.5 Å². The number of nitrogens with zero attached hydrogens (tertiary/aromatic N) is 3. The van der Waals surface area contributed by atoms with Gasteiger partial charge in [-0.2, -0.15) is 10.5 Å². The Hall–Kier alpha value is -3.77. The van der Waals surface area contributed by atoms with E-state index in [4.69, 9.17) is 10.4 Å². The number of carbonyl (C=O) groups is 1. The predicted octanol–water partition coefficient (Wildman–Crippen LogP) is 2.78. The molecular weight excluding hydrogens is 294 g/mol. The standard InChI is InChI=1S/C17H9N3O3/c18-7-10-1-4-15-14(5-10)11(8-19)9-20(15)12-2-3-13(17(22)23)16(21)6-12/h1-6,9,21H,(H,22,23). The third kappa shape index (κ3) is 2.25. The molecule has 3 aromatic rings. The number of nitriles is 2. The lowest BCUT2D eigenvalue weighted by Crippen LogP contribution is -1.99. The van der Waals surface area contributed by atoms with Crippen LogP contribution in [0.5, 0.6) is 5.75 Å². The summed E-state index contributed by atoms with van der Waals surface area (Å²) < 4.78 is 1.67. The number of fused-ring (bicyclic) bond motifs is 1. The zero-order valence-corrected chi connectivity index (χ0v) is 11.7. The Kier molecular flexibility index (Phi) is 3.21. The first kappa shape index (κ1) is 14.2. The molecule has 0 spiro atoms. The van der Waals surface area contributed by atoms with Gasteiger partial charge in [-0.05, 0) is 30.3 Å². The van der Waals surface area contributed by atoms with Crippen molar-refractivity contribution in [2.75, 3.05) is 0 Å². The Morgan fingerprint density at radius 2 is 1.87 bits per heavy atom. The number of aromatic carboxylic acids is 1. The third-order valence-electron chi connectivity index (χ3n) is 3.54. The molecule has 23 heavy (non-hydrogen) atoms. The summed E-state index contributed by atoms with van der Waals surface area (Å²) in [6.45, 7) is 0. The summed E-state index contributed by atoms with van der Waals surface area (Å²) in [6, 6.07) is 13.2. The van der Waals surface area contributed by atoms with Crippen molar-refractivity contribution in [3.63, 3.8) is 0 Å². The van der Waals surface area contributed by atoms with Crippen LogP contribution in [-0.2, 0) is 0 Å². The number of benzene rings is 2. The van der Waals surface area contributed by atoms with Crippen molar-refractivity contribution in [2.24, 2.45) is 0 Å². The average molecular weight is 303 g/mol. The number of rotatable bonds is 2. The summed E-state index contributed by atoms with van der Waals surface area (Å²) in [5, 5.41) is 37.6. The largest absolute Gasteiger partial charge is 0.507 e. The van der Waals surface area contributed by atoms with E-state index in [9.17, 15) is 15.2 Å². The number of phenols is 1. The van der Waals surface area contributed by atoms with Crippen molar-refractivity contribution in [3.8, 4) is 23.6 Å². The third-order valence-corrected chi connectivity index (χ3v) is 3.54. The maximum atomic E-state index is 11.0. The van der Waals surface area contributed by atoms with Crippen LogP contribution in [0.25, 0.3) is 16.6 Å². The van der Waals surface area contributed by atoms with Gasteiger partial charge in [-0.3, -0.25) is 0 Å². The normalized spacial score (nSPS) is 10.2. The van der Waals surface area contributed by atoms with Gasteiger partial charge in [0.15, 0.2) is 0 Å². The van der Waals surface area contributed by atoms with Crippen molar-refractivity contribution in [1.82, 2.24) is 4.57 Å². The van der Waals surface area contributed by atoms with Crippen molar-refractivity contribution in [2.45, 2.75) is 0 Å². The highest BCUT2D eigenvalue weighted by Gasteiger charge is 2.14. The first-order chi connectivity index (χ1) is 11.0. The van der Waals surface area contributed by atoms with Crippen LogP contribution in [-0.4, -0.2) is 20.7 Å². The molecule has 6 heteroatoms. The molecular formula is C17H9N3O3. The fourth-order valence-electron chi connectivity index (χ4n) is 2.45. The van der Waals surface area contributed by atoms with E-state index in [0.29, 0.717) is 27.7 Å². The zero-order chi connectivity index (χ0) is 16.6. The molecule has 0 bridgehead atoms. The summed E-state index contributed by atoms with van der Waals surface area (Å²) in [7, 11) is 0. The molecule has 6 nitrogen and oxygen atoms in total. The van der Waals surface area contributed by atoms with Gasteiger partial charge < -0.3 is 14.8 Å². The minimum atomic E-state index is -1.22. The van der Waals surface area contributed by atoms with Crippen LogP contribution >= 0.6 is 0 Å². The lowest BCUT2D eigenvalue weighted by Gasteiger charge is -2.07. The van der Waals surface area contributed by atoms with E-state index >= 15 is 0 Å². The van der Waals surface area contributed by atoms with Crippen LogP contribution in [0, 0.1) is 22.7 Å². The van der Waals surface area contributed by atoms with E-state index in [1.54, 1.807) is 35.0 Å². The Labute approximate surface area is 130 Å². The van der Waals surface area contributed by atoms with Crippen LogP contribution < -0.4 is 0 Å². The smallest absolute Gasteiger partial charge is 0.339 e. The van der Waals surface area contributed by atoms with Gasteiger partial charge in [0.1, 0.15) is 17.4 Å². The molecule has 0 saturated heterocycles. The topological polar surface area (TPSA) is 110 Å². The number of aromatic nitrogens is 1. The fraction of sp³-hybridized carbons (Fsp3) is 0. The molecule has 0 aliphatic rings. The average Bonchev–Trinajstić information content (AvgIpc) is 2.92. The molecule has 1 heterocycles. The Morgan fingerprint density at radius 3 is 2.48 bits per heavy atom. The molecule has 1 aromatic heterocycles. The van der Waals surface area contributed by atoms with Crippen LogP contribution in [0.2, 0.25) is 0 Å². The Balaban J connectivity index is 2.25. The lowest BCUT2D eigenvalue weighted by atomic mass is 10.1. The van der Waals surface area contributed by atoms with E-state index in [-0.39, 0.29) is 11.3 Å². The van der Waals surface area contributed by atoms with Gasteiger partial charge in [0, 0.05) is 23.3 Å². The number of carboxylic acids is 1. The van der Waals surface area contributed by atoms with Gasteiger partial charge in [-0.1, -0.05) is 0 Å². The second-order valence-electron chi connectivity index (χ2n) is 4.87. The molecule has 0 aliphatic heterocycles. The predicted molar refractivity (Wildman–Crippen MR) is 81.3 cm³/mol. The van der Waals surface area contributed by atoms with Crippen LogP contribution in [0.4, 0.5) is 0 Å². The number of aromatic hydroxyl groups is 1. The van der Waals surface area contributed by atoms with E-state index in [1.807, 2.05) is 6.07 Å². The fourth-order valence-corrected chi connectivity index (χ4v) is 2.45. The Morgan fingerprint density at radius 1 is 1.09 bits per heavy atom. The van der Waals surface area contributed by atoms with Gasteiger partial charge in [0.2, 0.25) is 0 Å². The maximum Gasteiger partial charge on any atom is 0.339 e. The maximum absolute atomic E-state index is 11.0. The lowest BCUT2D eigenvalue weighted by molar-refractivity contribution is 0.0694. The number of hydrogen-bond acceptors (Lipinski definition) is 4. The highest BCUT2D eigenvalue weighted by atomic mass is 16.4. The molecule has 0 unspecified atom stereocenters. The molecule has 3 rings (SSSR count). The van der Waals surface area contributed by atoms with Crippen molar-refractivity contribution in [1.29, 1.82) is 10.5 Å². The number of carboxylic acid groups (broad SMARTS) is 1. The molecule has 0 amide bonds. The highest BCUT2D eigenvalue weighted by molar-refractivity contribution is 5.92. The number of hydrogen-bond donors (Lipinski definition) is 2. The molecule has 0 atom stereocenters. The summed E-state index contributed by atoms with van der Waals surface area (Å²) in [5.74, 6) is -1.58. The first-order valence-corrected chi connectivity index (χ1v) is 6.57. The monoisotopic (exact) mass is 303 g/mol. The summed E-state index contributed by atoms with van der Waals surface area (Å²) in [5.41, 5.74) is 1.83. The van der Waals surface area contributed by atoms with Crippen molar-refractivity contribution < 1.29 is 15.0 Å². The van der Waals surface area contributed by atoms with Gasteiger partial charge >= 0.3 is 5.97 Å². The molecule has 0 radical (unpaired) electrons. The van der Waals surface area contributed by atoms with Crippen molar-refractivity contribution >= 4 is 16.9 Å².